The minimum atomic E-state index is -2.21. The molecule has 4 aromatic carbocycles. The fourth-order valence-corrected chi connectivity index (χ4v) is 7.88. The first-order valence-corrected chi connectivity index (χ1v) is 23.6. The molecule has 0 aliphatic heterocycles. The Morgan fingerprint density at radius 1 is 0.548 bits per heavy atom. The van der Waals surface area contributed by atoms with Crippen LogP contribution < -0.4 is 15.9 Å². The van der Waals surface area contributed by atoms with E-state index in [0.29, 0.717) is 0 Å². The number of hydrogen-bond acceptors (Lipinski definition) is 0. The van der Waals surface area contributed by atoms with E-state index < -0.39 is 20.2 Å². The Kier molecular flexibility index (Phi) is 9.52. The van der Waals surface area contributed by atoms with Crippen LogP contribution in [0.15, 0.2) is 115 Å². The van der Waals surface area contributed by atoms with Crippen molar-refractivity contribution in [3.8, 4) is 0 Å². The summed E-state index contributed by atoms with van der Waals surface area (Å²) in [5.74, 6) is -0.193. The van der Waals surface area contributed by atoms with Crippen LogP contribution in [-0.4, -0.2) is 0 Å². The van der Waals surface area contributed by atoms with Gasteiger partial charge in [0.25, 0.3) is 0 Å². The molecule has 0 nitrogen and oxygen atoms in total. The van der Waals surface area contributed by atoms with E-state index in [1.54, 1.807) is 12.1 Å². The van der Waals surface area contributed by atoms with E-state index in [-0.39, 0.29) is 5.82 Å². The first kappa shape index (κ1) is 24.4. The summed E-state index contributed by atoms with van der Waals surface area (Å²) in [5, 5.41) is 4.02. The molecule has 0 spiro atoms. The van der Waals surface area contributed by atoms with Crippen LogP contribution in [0.25, 0.3) is 0 Å². The van der Waals surface area contributed by atoms with Gasteiger partial charge in [-0.1, -0.05) is 66.7 Å². The summed E-state index contributed by atoms with van der Waals surface area (Å²) in [5.41, 5.74) is 1.15. The molecule has 0 amide bonds. The fourth-order valence-electron chi connectivity index (χ4n) is 3.63. The molecular weight excluding hydrogens is 522 g/mol. The summed E-state index contributed by atoms with van der Waals surface area (Å²) >= 11 is -2.21. The molecule has 0 bridgehead atoms. The number of rotatable bonds is 5. The van der Waals surface area contributed by atoms with E-state index >= 15 is 0 Å². The molecule has 4 aromatic rings. The van der Waals surface area contributed by atoms with Crippen molar-refractivity contribution in [2.45, 2.75) is 6.16 Å². The van der Waals surface area contributed by atoms with Gasteiger partial charge in [-0.3, -0.25) is 0 Å². The SMILES string of the molecule is Fc1ccc(C[P+](c2ccccc2)(c2ccccc2)c2ccccc2)cc1.[Cl][Zn-]([Cl])[Cl]. The average Bonchev–Trinajstić information content (AvgIpc) is 2.80. The third-order valence-corrected chi connectivity index (χ3v) is 9.30. The van der Waals surface area contributed by atoms with Crippen molar-refractivity contribution < 1.29 is 17.4 Å². The topological polar surface area (TPSA) is 0 Å². The van der Waals surface area contributed by atoms with Gasteiger partial charge in [0.05, 0.1) is 6.16 Å². The van der Waals surface area contributed by atoms with Crippen LogP contribution in [0.4, 0.5) is 4.39 Å². The normalized spacial score (nSPS) is 10.7. The number of benzene rings is 4. The zero-order valence-corrected chi connectivity index (χ0v) is 23.0. The molecule has 0 aromatic heterocycles. The van der Waals surface area contributed by atoms with Crippen molar-refractivity contribution in [3.05, 3.63) is 127 Å². The van der Waals surface area contributed by atoms with Crippen LogP contribution in [0.5, 0.6) is 0 Å². The van der Waals surface area contributed by atoms with Gasteiger partial charge in [0.15, 0.2) is 0 Å². The van der Waals surface area contributed by atoms with Crippen molar-refractivity contribution >= 4 is 52.2 Å². The Balaban J connectivity index is 0.000000628. The van der Waals surface area contributed by atoms with Gasteiger partial charge in [-0.05, 0) is 54.1 Å². The van der Waals surface area contributed by atoms with E-state index in [9.17, 15) is 4.39 Å². The summed E-state index contributed by atoms with van der Waals surface area (Å²) in [6.45, 7) is 0. The summed E-state index contributed by atoms with van der Waals surface area (Å²) < 4.78 is 13.5. The quantitative estimate of drug-likeness (QED) is 0.182. The van der Waals surface area contributed by atoms with Crippen LogP contribution >= 0.6 is 36.3 Å². The van der Waals surface area contributed by atoms with Gasteiger partial charge in [0.2, 0.25) is 0 Å². The van der Waals surface area contributed by atoms with Gasteiger partial charge in [-0.2, -0.15) is 0 Å². The second-order valence-electron chi connectivity index (χ2n) is 6.90. The van der Waals surface area contributed by atoms with Crippen molar-refractivity contribution in [2.24, 2.45) is 0 Å². The van der Waals surface area contributed by atoms with Gasteiger partial charge >= 0.3 is 42.1 Å². The van der Waals surface area contributed by atoms with E-state index in [2.05, 4.69) is 91.0 Å². The van der Waals surface area contributed by atoms with Crippen molar-refractivity contribution in [1.82, 2.24) is 0 Å². The first-order chi connectivity index (χ1) is 15.0. The third-order valence-electron chi connectivity index (χ3n) is 4.92. The molecular formula is C25H21Cl3FPZn. The van der Waals surface area contributed by atoms with Gasteiger partial charge < -0.3 is 0 Å². The van der Waals surface area contributed by atoms with Crippen LogP contribution in [0, 0.1) is 5.82 Å². The Bertz CT molecular complexity index is 947. The molecule has 0 heterocycles. The Labute approximate surface area is 201 Å². The summed E-state index contributed by atoms with van der Waals surface area (Å²) in [6.07, 6.45) is 0.866. The molecule has 6 heteroatoms. The first-order valence-electron chi connectivity index (χ1n) is 9.88. The summed E-state index contributed by atoms with van der Waals surface area (Å²) in [4.78, 5) is 0. The molecule has 0 unspecified atom stereocenters. The van der Waals surface area contributed by atoms with E-state index in [4.69, 9.17) is 29.1 Å². The number of halogens is 4. The Morgan fingerprint density at radius 2 is 0.871 bits per heavy atom. The van der Waals surface area contributed by atoms with Gasteiger partial charge in [-0.25, -0.2) is 4.39 Å². The van der Waals surface area contributed by atoms with Crippen LogP contribution in [0.2, 0.25) is 0 Å². The van der Waals surface area contributed by atoms with Crippen LogP contribution in [0.1, 0.15) is 5.56 Å². The zero-order valence-electron chi connectivity index (χ0n) is 16.8. The maximum atomic E-state index is 13.5. The predicted octanol–water partition coefficient (Wildman–Crippen LogP) is 7.39. The molecule has 156 valence electrons. The molecule has 4 rings (SSSR count). The fraction of sp³-hybridized carbons (Fsp3) is 0.0400. The second-order valence-corrected chi connectivity index (χ2v) is 24.3. The third kappa shape index (κ3) is 6.61. The van der Waals surface area contributed by atoms with Gasteiger partial charge in [0, 0.05) is 0 Å². The van der Waals surface area contributed by atoms with Crippen LogP contribution in [-0.2, 0) is 19.1 Å². The molecule has 0 fully saturated rings. The monoisotopic (exact) mass is 540 g/mol. The molecule has 0 radical (unpaired) electrons. The van der Waals surface area contributed by atoms with Crippen LogP contribution in [0.3, 0.4) is 0 Å². The average molecular weight is 543 g/mol. The Hall–Kier alpha value is -1.27. The summed E-state index contributed by atoms with van der Waals surface area (Å²) in [6, 6.07) is 39.2. The summed E-state index contributed by atoms with van der Waals surface area (Å²) in [7, 11) is 13.1. The molecule has 0 saturated carbocycles. The molecule has 0 aliphatic carbocycles. The van der Waals surface area contributed by atoms with E-state index in [1.165, 1.54) is 15.9 Å². The Morgan fingerprint density at radius 3 is 1.19 bits per heavy atom. The van der Waals surface area contributed by atoms with Crippen molar-refractivity contribution in [3.63, 3.8) is 0 Å². The van der Waals surface area contributed by atoms with Crippen molar-refractivity contribution in [1.29, 1.82) is 0 Å². The molecule has 0 atom stereocenters. The molecule has 31 heavy (non-hydrogen) atoms. The standard InChI is InChI=1S/C25H21FP.3ClH.Zn/c26-22-18-16-21(17-19-22)20-27(23-10-4-1-5-11-23,24-12-6-2-7-13-24)25-14-8-3-9-15-25;;;;/h1-19H,20H2;3*1H;/q+1;;;;+2/p-3. The van der Waals surface area contributed by atoms with Gasteiger partial charge in [-0.15, -0.1) is 0 Å². The minimum absolute atomic E-state index is 0.193. The second kappa shape index (κ2) is 12.1. The molecule has 0 saturated heterocycles. The number of hydrogen-bond donors (Lipinski definition) is 0. The van der Waals surface area contributed by atoms with E-state index in [1.807, 2.05) is 12.1 Å². The van der Waals surface area contributed by atoms with E-state index in [0.717, 1.165) is 11.7 Å². The molecule has 0 aliphatic rings. The predicted molar refractivity (Wildman–Crippen MR) is 133 cm³/mol. The van der Waals surface area contributed by atoms with Gasteiger partial charge in [0.1, 0.15) is 29.0 Å². The maximum absolute atomic E-state index is 13.5. The zero-order chi connectivity index (χ0) is 22.1. The molecule has 0 N–H and O–H groups in total. The van der Waals surface area contributed by atoms with Crippen molar-refractivity contribution in [2.75, 3.05) is 0 Å².